The van der Waals surface area contributed by atoms with Gasteiger partial charge in [-0.25, -0.2) is 0 Å². The van der Waals surface area contributed by atoms with Crippen LogP contribution in [0.2, 0.25) is 5.27 Å². The maximum absolute atomic E-state index is 11.9. The summed E-state index contributed by atoms with van der Waals surface area (Å²) in [6.07, 6.45) is 0. The first-order valence-electron chi connectivity index (χ1n) is 5.04. The van der Waals surface area contributed by atoms with Gasteiger partial charge in [-0.2, -0.15) is 0 Å². The van der Waals surface area contributed by atoms with Crippen molar-refractivity contribution in [3.05, 3.63) is 18.2 Å². The second-order valence-corrected chi connectivity index (χ2v) is 5.46. The molecule has 78 valence electrons. The third kappa shape index (κ3) is 2.34. The predicted octanol–water partition coefficient (Wildman–Crippen LogP) is 1.35. The first-order valence-corrected chi connectivity index (χ1v) is 6.45. The molecule has 1 aromatic rings. The van der Waals surface area contributed by atoms with E-state index in [9.17, 15) is 3.83 Å². The quantitative estimate of drug-likeness (QED) is 0.768. The van der Waals surface area contributed by atoms with E-state index in [1.807, 2.05) is 0 Å². The van der Waals surface area contributed by atoms with Crippen molar-refractivity contribution in [2.75, 3.05) is 14.2 Å². The summed E-state index contributed by atoms with van der Waals surface area (Å²) in [5.41, 5.74) is 0. The zero-order valence-electron chi connectivity index (χ0n) is 10.4. The Morgan fingerprint density at radius 2 is 2.14 bits per heavy atom. The summed E-state index contributed by atoms with van der Waals surface area (Å²) < 4.78 is 37.3. The fourth-order valence-corrected chi connectivity index (χ4v) is 2.40. The number of ether oxygens (including phenoxy) is 2. The molecular weight excluding hydrogens is 247 g/mol. The number of rotatable bonds is 4. The van der Waals surface area contributed by atoms with Gasteiger partial charge in [-0.3, -0.25) is 0 Å². The second-order valence-electron chi connectivity index (χ2n) is 2.49. The molecule has 4 heteroatoms. The van der Waals surface area contributed by atoms with Gasteiger partial charge >= 0.3 is 90.5 Å². The van der Waals surface area contributed by atoms with Crippen LogP contribution in [-0.4, -0.2) is 28.1 Å². The molecule has 2 atom stereocenters. The van der Waals surface area contributed by atoms with Crippen molar-refractivity contribution in [1.82, 2.24) is 0 Å². The van der Waals surface area contributed by atoms with Crippen LogP contribution in [0, 0.1) is 0 Å². The Bertz CT molecular complexity index is 402. The van der Waals surface area contributed by atoms with Crippen molar-refractivity contribution >= 4 is 18.3 Å². The Morgan fingerprint density at radius 3 is 2.64 bits per heavy atom. The summed E-state index contributed by atoms with van der Waals surface area (Å²) in [5.74, 6) is 1.01. The van der Waals surface area contributed by atoms with Crippen molar-refractivity contribution in [2.24, 2.45) is 0 Å². The Labute approximate surface area is 90.9 Å². The first-order chi connectivity index (χ1) is 7.40. The molecule has 3 nitrogen and oxygen atoms in total. The van der Waals surface area contributed by atoms with Crippen molar-refractivity contribution in [3.63, 3.8) is 0 Å². The van der Waals surface area contributed by atoms with E-state index in [-0.39, 0.29) is 0 Å². The van der Waals surface area contributed by atoms with Crippen LogP contribution < -0.4 is 13.9 Å². The average molecular weight is 262 g/mol. The third-order valence-corrected chi connectivity index (χ3v) is 3.96. The predicted molar refractivity (Wildman–Crippen MR) is 56.1 cm³/mol. The molecule has 14 heavy (non-hydrogen) atoms. The van der Waals surface area contributed by atoms with Crippen LogP contribution in [0.25, 0.3) is 0 Å². The van der Waals surface area contributed by atoms with E-state index < -0.39 is 19.1 Å². The molecule has 0 aliphatic rings. The third-order valence-electron chi connectivity index (χ3n) is 1.75. The summed E-state index contributed by atoms with van der Waals surface area (Å²) in [7, 11) is 3.00. The van der Waals surface area contributed by atoms with Crippen LogP contribution >= 0.6 is 0 Å². The molecule has 0 amide bonds. The Kier molecular flexibility index (Phi) is 3.09. The van der Waals surface area contributed by atoms with Crippen LogP contribution in [0.4, 0.5) is 0 Å². The van der Waals surface area contributed by atoms with E-state index in [0.29, 0.717) is 16.0 Å². The fraction of sp³-hybridized carbons (Fsp3) is 0.400. The van der Waals surface area contributed by atoms with Gasteiger partial charge in [0.05, 0.1) is 0 Å². The summed E-state index contributed by atoms with van der Waals surface area (Å²) >= 11 is -2.73. The molecule has 0 saturated heterocycles. The molecule has 0 spiro atoms. The molecule has 1 rings (SSSR count). The number of hydrogen-bond acceptors (Lipinski definition) is 3. The first kappa shape index (κ1) is 8.45. The van der Waals surface area contributed by atoms with Gasteiger partial charge in [-0.15, -0.1) is 0 Å². The van der Waals surface area contributed by atoms with Crippen LogP contribution in [0.3, 0.4) is 0 Å². The Balaban J connectivity index is 3.13. The molecular formula is C10H14O3Se. The van der Waals surface area contributed by atoms with Gasteiger partial charge in [0.2, 0.25) is 0 Å². The molecule has 0 aromatic heterocycles. The normalized spacial score (nSPS) is 18.8. The molecule has 0 radical (unpaired) electrons. The van der Waals surface area contributed by atoms with Crippen molar-refractivity contribution in [3.8, 4) is 11.5 Å². The van der Waals surface area contributed by atoms with E-state index in [2.05, 4.69) is 0 Å². The van der Waals surface area contributed by atoms with Gasteiger partial charge in [0.1, 0.15) is 0 Å². The minimum atomic E-state index is -2.73. The van der Waals surface area contributed by atoms with Gasteiger partial charge in [0, 0.05) is 0 Å². The van der Waals surface area contributed by atoms with Crippen molar-refractivity contribution in [1.29, 1.82) is 0 Å². The second kappa shape index (κ2) is 5.13. The average Bonchev–Trinajstić information content (AvgIpc) is 2.25. The van der Waals surface area contributed by atoms with Gasteiger partial charge < -0.3 is 0 Å². The number of benzene rings is 1. The molecule has 2 unspecified atom stereocenters. The summed E-state index contributed by atoms with van der Waals surface area (Å²) in [4.78, 5) is 0. The fourth-order valence-electron chi connectivity index (χ4n) is 1.05. The summed E-state index contributed by atoms with van der Waals surface area (Å²) in [5, 5.41) is -1.68. The molecule has 0 aliphatic carbocycles. The molecule has 0 aliphatic heterocycles. The Morgan fingerprint density at radius 1 is 1.50 bits per heavy atom. The maximum atomic E-state index is 11.9. The van der Waals surface area contributed by atoms with Crippen LogP contribution in [0.5, 0.6) is 11.5 Å². The van der Waals surface area contributed by atoms with Gasteiger partial charge in [0.15, 0.2) is 0 Å². The van der Waals surface area contributed by atoms with E-state index in [1.54, 1.807) is 18.2 Å². The van der Waals surface area contributed by atoms with E-state index in [4.69, 9.17) is 12.2 Å². The van der Waals surface area contributed by atoms with Crippen molar-refractivity contribution < 1.29 is 16.0 Å². The number of methoxy groups -OCH3 is 2. The summed E-state index contributed by atoms with van der Waals surface area (Å²) in [6.45, 7) is 1.32. The van der Waals surface area contributed by atoms with E-state index >= 15 is 0 Å². The minimum absolute atomic E-state index is 0.467. The monoisotopic (exact) mass is 263 g/mol. The van der Waals surface area contributed by atoms with E-state index in [0.717, 1.165) is 0 Å². The van der Waals surface area contributed by atoms with Crippen molar-refractivity contribution in [2.45, 2.75) is 12.2 Å². The molecule has 0 N–H and O–H groups in total. The topological polar surface area (TPSA) is 35.5 Å². The molecule has 0 saturated carbocycles. The zero-order valence-corrected chi connectivity index (χ0v) is 10.1. The summed E-state index contributed by atoms with van der Waals surface area (Å²) in [6, 6.07) is 4.81. The molecule has 0 heterocycles. The van der Waals surface area contributed by atoms with Crippen LogP contribution in [0.15, 0.2) is 18.2 Å². The zero-order chi connectivity index (χ0) is 12.3. The van der Waals surface area contributed by atoms with E-state index in [1.165, 1.54) is 21.1 Å². The standard InChI is InChI=1S/C10H14O3Se/c1-4-14(11)8-5-6-9(12-2)10(7-8)13-3/h5-7H,4H2,1-3H3/i4DH. The molecule has 0 fully saturated rings. The SMILES string of the molecule is [1H]C([2H])(C)[Se](=O)c1ccc(OC)c(OC)c1. The Hall–Kier alpha value is -0.861. The van der Waals surface area contributed by atoms with Crippen LogP contribution in [-0.2, 0) is 3.83 Å². The van der Waals surface area contributed by atoms with Gasteiger partial charge in [-0.05, 0) is 0 Å². The van der Waals surface area contributed by atoms with Gasteiger partial charge in [-0.1, -0.05) is 0 Å². The molecule has 0 bridgehead atoms. The molecule has 1 aromatic carbocycles. The number of hydrogen-bond donors (Lipinski definition) is 0. The van der Waals surface area contributed by atoms with Crippen LogP contribution in [0.1, 0.15) is 9.67 Å². The van der Waals surface area contributed by atoms with Gasteiger partial charge in [0.25, 0.3) is 0 Å².